The lowest BCUT2D eigenvalue weighted by atomic mass is 10.0. The van der Waals surface area contributed by atoms with Gasteiger partial charge in [-0.05, 0) is 55.9 Å². The number of nitrogens with one attached hydrogen (secondary N) is 2. The molecule has 3 N–H and O–H groups in total. The quantitative estimate of drug-likeness (QED) is 0.243. The van der Waals surface area contributed by atoms with E-state index in [1.54, 1.807) is 29.5 Å². The first kappa shape index (κ1) is 30.2. The Labute approximate surface area is 214 Å². The monoisotopic (exact) mass is 509 g/mol. The first-order valence-corrected chi connectivity index (χ1v) is 14.3. The highest BCUT2D eigenvalue weighted by molar-refractivity contribution is 7.98. The summed E-state index contributed by atoms with van der Waals surface area (Å²) >= 11 is 3.62. The van der Waals surface area contributed by atoms with Crippen LogP contribution in [0.2, 0.25) is 0 Å². The second kappa shape index (κ2) is 18.5. The number of carbonyl (C=O) groups excluding carboxylic acids is 1. The lowest BCUT2D eigenvalue weighted by molar-refractivity contribution is -0.105. The van der Waals surface area contributed by atoms with E-state index in [0.29, 0.717) is 12.1 Å². The van der Waals surface area contributed by atoms with Crippen LogP contribution in [0.25, 0.3) is 0 Å². The molecule has 9 heteroatoms. The molecule has 0 aliphatic carbocycles. The van der Waals surface area contributed by atoms with E-state index in [1.807, 2.05) is 37.2 Å². The first-order chi connectivity index (χ1) is 16.4. The summed E-state index contributed by atoms with van der Waals surface area (Å²) in [5.74, 6) is 1.75. The molecule has 1 aliphatic heterocycles. The van der Waals surface area contributed by atoms with Crippen LogP contribution in [0.15, 0.2) is 29.8 Å². The number of thiazole rings is 1. The van der Waals surface area contributed by atoms with Gasteiger partial charge in [0.2, 0.25) is 6.41 Å². The molecule has 0 unspecified atom stereocenters. The number of likely N-dealkylation sites (N-methyl/N-ethyl adjacent to an activating group) is 1. The topological polar surface area (TPSA) is 80.7 Å². The van der Waals surface area contributed by atoms with Gasteiger partial charge in [-0.25, -0.2) is 4.98 Å². The van der Waals surface area contributed by atoms with Gasteiger partial charge in [0.1, 0.15) is 5.75 Å². The molecule has 2 aromatic rings. The van der Waals surface area contributed by atoms with E-state index >= 15 is 0 Å². The minimum absolute atomic E-state index is 0.244. The summed E-state index contributed by atoms with van der Waals surface area (Å²) in [5, 5.41) is 18.6. The van der Waals surface area contributed by atoms with Crippen molar-refractivity contribution in [2.24, 2.45) is 0 Å². The van der Waals surface area contributed by atoms with Crippen molar-refractivity contribution in [2.75, 3.05) is 68.5 Å². The van der Waals surface area contributed by atoms with Crippen molar-refractivity contribution in [1.29, 1.82) is 0 Å². The number of piperazine rings is 1. The summed E-state index contributed by atoms with van der Waals surface area (Å²) in [4.78, 5) is 19.2. The third-order valence-electron chi connectivity index (χ3n) is 5.26. The Kier molecular flexibility index (Phi) is 16.5. The number of nitrogens with zero attached hydrogens (tertiary/aromatic N) is 3. The summed E-state index contributed by atoms with van der Waals surface area (Å²) in [6.45, 7) is 13.1. The highest BCUT2D eigenvalue weighted by Crippen LogP contribution is 2.27. The Bertz CT molecular complexity index is 761. The summed E-state index contributed by atoms with van der Waals surface area (Å²) in [6, 6.07) is 5.02. The largest absolute Gasteiger partial charge is 0.508 e. The maximum Gasteiger partial charge on any atom is 0.211 e. The number of amides is 1. The van der Waals surface area contributed by atoms with Crippen molar-refractivity contribution >= 4 is 40.3 Å². The minimum atomic E-state index is 0.244. The third-order valence-corrected chi connectivity index (χ3v) is 6.70. The molecule has 7 nitrogen and oxygen atoms in total. The van der Waals surface area contributed by atoms with Crippen LogP contribution in [0.3, 0.4) is 0 Å². The molecule has 0 radical (unpaired) electrons. The van der Waals surface area contributed by atoms with Crippen LogP contribution in [-0.2, 0) is 4.79 Å². The van der Waals surface area contributed by atoms with E-state index in [1.165, 1.54) is 36.8 Å². The predicted octanol–water partition coefficient (Wildman–Crippen LogP) is 4.72. The maximum atomic E-state index is 10.2. The van der Waals surface area contributed by atoms with Gasteiger partial charge >= 0.3 is 0 Å². The van der Waals surface area contributed by atoms with Crippen molar-refractivity contribution < 1.29 is 9.90 Å². The number of phenolic OH excluding ortho intramolecular Hbond substituents is 1. The van der Waals surface area contributed by atoms with Gasteiger partial charge in [-0.1, -0.05) is 27.2 Å². The maximum absolute atomic E-state index is 10.2. The normalized spacial score (nSPS) is 13.5. The number of unbranched alkanes of at least 4 members (excludes halogenated alkanes) is 1. The number of anilines is 2. The van der Waals surface area contributed by atoms with Gasteiger partial charge < -0.3 is 25.5 Å². The second-order valence-electron chi connectivity index (χ2n) is 8.39. The number of aromatic nitrogens is 1. The fourth-order valence-corrected chi connectivity index (χ4v) is 4.19. The smallest absolute Gasteiger partial charge is 0.211 e. The molecule has 1 saturated heterocycles. The van der Waals surface area contributed by atoms with Gasteiger partial charge in [-0.2, -0.15) is 11.8 Å². The van der Waals surface area contributed by atoms with Crippen LogP contribution in [0.1, 0.15) is 45.1 Å². The molecule has 2 heterocycles. The SMILES string of the molecule is CC(C)c1cc(NC=O)ccc1O.CCCCNCCSC.CN1CCN(c2nccs2)CC1. The van der Waals surface area contributed by atoms with Crippen LogP contribution >= 0.6 is 23.1 Å². The molecule has 192 valence electrons. The summed E-state index contributed by atoms with van der Waals surface area (Å²) in [5.41, 5.74) is 1.54. The zero-order chi connectivity index (χ0) is 25.2. The summed E-state index contributed by atoms with van der Waals surface area (Å²) in [6.07, 6.45) is 7.25. The number of rotatable bonds is 10. The Balaban J connectivity index is 0.000000260. The first-order valence-electron chi connectivity index (χ1n) is 12.0. The Hall–Kier alpha value is -1.81. The fraction of sp³-hybridized carbons (Fsp3) is 0.600. The zero-order valence-corrected chi connectivity index (χ0v) is 23.1. The fourth-order valence-electron chi connectivity index (χ4n) is 3.15. The van der Waals surface area contributed by atoms with Crippen LogP contribution in [0.4, 0.5) is 10.8 Å². The number of aromatic hydroxyl groups is 1. The average molecular weight is 510 g/mol. The van der Waals surface area contributed by atoms with Crippen LogP contribution in [-0.4, -0.2) is 79.7 Å². The van der Waals surface area contributed by atoms with E-state index in [2.05, 4.69) is 45.6 Å². The molecule has 0 bridgehead atoms. The molecular weight excluding hydrogens is 466 g/mol. The number of benzene rings is 1. The minimum Gasteiger partial charge on any atom is -0.508 e. The molecule has 3 rings (SSSR count). The molecule has 1 amide bonds. The number of carbonyl (C=O) groups is 1. The van der Waals surface area contributed by atoms with E-state index < -0.39 is 0 Å². The molecule has 1 aliphatic rings. The highest BCUT2D eigenvalue weighted by atomic mass is 32.2. The van der Waals surface area contributed by atoms with Gasteiger partial charge in [-0.15, -0.1) is 11.3 Å². The highest BCUT2D eigenvalue weighted by Gasteiger charge is 2.15. The van der Waals surface area contributed by atoms with Gasteiger partial charge in [0.15, 0.2) is 5.13 Å². The van der Waals surface area contributed by atoms with Gasteiger partial charge in [0, 0.05) is 55.7 Å². The summed E-state index contributed by atoms with van der Waals surface area (Å²) in [7, 11) is 2.17. The van der Waals surface area contributed by atoms with Crippen molar-refractivity contribution in [3.05, 3.63) is 35.3 Å². The number of hydrogen-bond donors (Lipinski definition) is 3. The molecule has 1 fully saturated rings. The lowest BCUT2D eigenvalue weighted by Crippen LogP contribution is -2.44. The van der Waals surface area contributed by atoms with Crippen molar-refractivity contribution in [2.45, 2.75) is 39.5 Å². The van der Waals surface area contributed by atoms with E-state index in [9.17, 15) is 9.90 Å². The van der Waals surface area contributed by atoms with Crippen LogP contribution in [0.5, 0.6) is 5.75 Å². The lowest BCUT2D eigenvalue weighted by Gasteiger charge is -2.31. The van der Waals surface area contributed by atoms with E-state index in [0.717, 1.165) is 31.7 Å². The molecule has 0 atom stereocenters. The predicted molar refractivity (Wildman–Crippen MR) is 150 cm³/mol. The Morgan fingerprint density at radius 2 is 1.97 bits per heavy atom. The molecule has 0 saturated carbocycles. The van der Waals surface area contributed by atoms with Crippen molar-refractivity contribution in [1.82, 2.24) is 15.2 Å². The van der Waals surface area contributed by atoms with Gasteiger partial charge in [-0.3, -0.25) is 4.79 Å². The second-order valence-corrected chi connectivity index (χ2v) is 10.3. The van der Waals surface area contributed by atoms with Crippen molar-refractivity contribution in [3.8, 4) is 5.75 Å². The molecule has 1 aromatic carbocycles. The standard InChI is InChI=1S/C10H13NO2.C8H13N3S.C7H17NS/c1-7(2)9-5-8(11-6-12)3-4-10(9)13;1-10-3-5-11(6-4-10)8-9-2-7-12-8;1-3-4-5-8-6-7-9-2/h3-7,13H,1-2H3,(H,11,12);2,7H,3-6H2,1H3;8H,3-7H2,1-2H3. The Morgan fingerprint density at radius 3 is 2.53 bits per heavy atom. The average Bonchev–Trinajstić information content (AvgIpc) is 3.37. The third kappa shape index (κ3) is 12.6. The number of thioether (sulfide) groups is 1. The van der Waals surface area contributed by atoms with Gasteiger partial charge in [0.05, 0.1) is 0 Å². The molecular formula is C25H43N5O2S2. The van der Waals surface area contributed by atoms with Crippen LogP contribution < -0.4 is 15.5 Å². The molecule has 1 aromatic heterocycles. The van der Waals surface area contributed by atoms with E-state index in [-0.39, 0.29) is 11.7 Å². The number of hydrogen-bond acceptors (Lipinski definition) is 8. The van der Waals surface area contributed by atoms with Crippen LogP contribution in [0, 0.1) is 0 Å². The van der Waals surface area contributed by atoms with Crippen molar-refractivity contribution in [3.63, 3.8) is 0 Å². The molecule has 0 spiro atoms. The summed E-state index contributed by atoms with van der Waals surface area (Å²) < 4.78 is 0. The number of phenols is 1. The Morgan fingerprint density at radius 1 is 1.24 bits per heavy atom. The van der Waals surface area contributed by atoms with Gasteiger partial charge in [0.25, 0.3) is 0 Å². The zero-order valence-electron chi connectivity index (χ0n) is 21.4. The van der Waals surface area contributed by atoms with E-state index in [4.69, 9.17) is 0 Å². The molecule has 34 heavy (non-hydrogen) atoms.